The first-order valence-corrected chi connectivity index (χ1v) is 6.00. The number of carbonyl (C=O) groups is 1. The van der Waals surface area contributed by atoms with Gasteiger partial charge in [-0.05, 0) is 18.9 Å². The van der Waals surface area contributed by atoms with Gasteiger partial charge < -0.3 is 5.32 Å². The van der Waals surface area contributed by atoms with Crippen LogP contribution in [0.5, 0.6) is 0 Å². The van der Waals surface area contributed by atoms with E-state index in [0.29, 0.717) is 31.6 Å². The van der Waals surface area contributed by atoms with E-state index in [-0.39, 0.29) is 11.8 Å². The lowest BCUT2D eigenvalue weighted by Crippen LogP contribution is -2.34. The lowest BCUT2D eigenvalue weighted by Gasteiger charge is -2.17. The third-order valence-electron chi connectivity index (χ3n) is 3.08. The van der Waals surface area contributed by atoms with E-state index in [1.807, 2.05) is 0 Å². The fraction of sp³-hybridized carbons (Fsp3) is 0.636. The van der Waals surface area contributed by atoms with Gasteiger partial charge in [0.2, 0.25) is 0 Å². The van der Waals surface area contributed by atoms with Crippen LogP contribution in [0.2, 0.25) is 0 Å². The number of rotatable bonds is 4. The summed E-state index contributed by atoms with van der Waals surface area (Å²) >= 11 is 0. The van der Waals surface area contributed by atoms with Crippen LogP contribution in [0.15, 0.2) is 12.4 Å². The Balaban J connectivity index is 1.72. The molecular weight excluding hydrogens is 261 g/mol. The van der Waals surface area contributed by atoms with Crippen molar-refractivity contribution in [3.63, 3.8) is 0 Å². The Bertz CT molecular complexity index is 418. The van der Waals surface area contributed by atoms with E-state index in [2.05, 4.69) is 15.5 Å². The molecule has 0 spiro atoms. The molecule has 1 atom stereocenters. The lowest BCUT2D eigenvalue weighted by atomic mass is 10.1. The summed E-state index contributed by atoms with van der Waals surface area (Å²) in [4.78, 5) is 13.0. The maximum absolute atomic E-state index is 12.2. The zero-order valence-corrected chi connectivity index (χ0v) is 10.2. The van der Waals surface area contributed by atoms with Gasteiger partial charge in [-0.1, -0.05) is 0 Å². The predicted molar refractivity (Wildman–Crippen MR) is 61.5 cm³/mol. The largest absolute Gasteiger partial charge is 0.401 e. The highest BCUT2D eigenvalue weighted by molar-refractivity contribution is 5.93. The molecule has 0 saturated carbocycles. The van der Waals surface area contributed by atoms with Crippen LogP contribution in [0.1, 0.15) is 16.8 Å². The number of alkyl halides is 3. The number of hydrogen-bond acceptors (Lipinski definition) is 3. The van der Waals surface area contributed by atoms with Gasteiger partial charge in [-0.3, -0.25) is 14.8 Å². The molecule has 1 aromatic rings. The third kappa shape index (κ3) is 4.23. The highest BCUT2D eigenvalue weighted by Gasteiger charge is 2.34. The zero-order valence-electron chi connectivity index (χ0n) is 10.2. The molecule has 1 amide bonds. The average Bonchev–Trinajstić information content (AvgIpc) is 2.94. The number of nitrogens with one attached hydrogen (secondary N) is 2. The first-order valence-electron chi connectivity index (χ1n) is 6.00. The maximum atomic E-state index is 12.2. The number of H-pyrrole nitrogens is 1. The molecule has 1 aliphatic rings. The third-order valence-corrected chi connectivity index (χ3v) is 3.08. The number of carbonyl (C=O) groups excluding carboxylic acids is 1. The van der Waals surface area contributed by atoms with Gasteiger partial charge in [-0.25, -0.2) is 0 Å². The van der Waals surface area contributed by atoms with Gasteiger partial charge >= 0.3 is 6.18 Å². The van der Waals surface area contributed by atoms with Gasteiger partial charge in [0.25, 0.3) is 5.91 Å². The number of hydrogen-bond donors (Lipinski definition) is 2. The van der Waals surface area contributed by atoms with E-state index in [4.69, 9.17) is 0 Å². The molecule has 8 heteroatoms. The van der Waals surface area contributed by atoms with Gasteiger partial charge in [0.05, 0.1) is 18.3 Å². The summed E-state index contributed by atoms with van der Waals surface area (Å²) in [5, 5.41) is 8.89. The van der Waals surface area contributed by atoms with Gasteiger partial charge in [0.15, 0.2) is 0 Å². The molecule has 0 bridgehead atoms. The molecule has 1 aliphatic heterocycles. The van der Waals surface area contributed by atoms with Crippen molar-refractivity contribution in [2.75, 3.05) is 26.2 Å². The highest BCUT2D eigenvalue weighted by atomic mass is 19.4. The second-order valence-electron chi connectivity index (χ2n) is 4.70. The van der Waals surface area contributed by atoms with Crippen LogP contribution in [0.3, 0.4) is 0 Å². The molecule has 106 valence electrons. The average molecular weight is 276 g/mol. The maximum Gasteiger partial charge on any atom is 0.401 e. The van der Waals surface area contributed by atoms with E-state index in [9.17, 15) is 18.0 Å². The summed E-state index contributed by atoms with van der Waals surface area (Å²) in [6.45, 7) is 0.300. The number of aromatic nitrogens is 2. The molecule has 2 rings (SSSR count). The van der Waals surface area contributed by atoms with Crippen LogP contribution in [-0.4, -0.2) is 53.4 Å². The fourth-order valence-corrected chi connectivity index (χ4v) is 2.19. The molecule has 1 fully saturated rings. The quantitative estimate of drug-likeness (QED) is 0.863. The Morgan fingerprint density at radius 2 is 2.37 bits per heavy atom. The zero-order chi connectivity index (χ0) is 13.9. The molecule has 2 N–H and O–H groups in total. The Hall–Kier alpha value is -1.57. The van der Waals surface area contributed by atoms with Crippen LogP contribution < -0.4 is 5.32 Å². The standard InChI is InChI=1S/C11H15F3N4O/c12-11(13,14)7-18-2-1-8(6-18)3-15-10(19)9-4-16-17-5-9/h4-5,8H,1-3,6-7H2,(H,15,19)(H,16,17). The topological polar surface area (TPSA) is 61.0 Å². The summed E-state index contributed by atoms with van der Waals surface area (Å²) < 4.78 is 36.6. The Kier molecular flexibility index (Phi) is 4.08. The first kappa shape index (κ1) is 13.9. The normalized spacial score (nSPS) is 20.7. The van der Waals surface area contributed by atoms with Crippen molar-refractivity contribution in [3.05, 3.63) is 18.0 Å². The van der Waals surface area contributed by atoms with Gasteiger partial charge in [-0.2, -0.15) is 18.3 Å². The van der Waals surface area contributed by atoms with Crippen LogP contribution >= 0.6 is 0 Å². The lowest BCUT2D eigenvalue weighted by molar-refractivity contribution is -0.143. The molecule has 0 aliphatic carbocycles. The predicted octanol–water partition coefficient (Wildman–Crippen LogP) is 1.02. The first-order chi connectivity index (χ1) is 8.94. The van der Waals surface area contributed by atoms with E-state index >= 15 is 0 Å². The number of likely N-dealkylation sites (tertiary alicyclic amines) is 1. The smallest absolute Gasteiger partial charge is 0.352 e. The van der Waals surface area contributed by atoms with E-state index in [0.717, 1.165) is 0 Å². The minimum Gasteiger partial charge on any atom is -0.352 e. The second kappa shape index (κ2) is 5.60. The Labute approximate surface area is 108 Å². The molecule has 0 aromatic carbocycles. The van der Waals surface area contributed by atoms with Crippen molar-refractivity contribution in [2.24, 2.45) is 5.92 Å². The monoisotopic (exact) mass is 276 g/mol. The molecule has 1 saturated heterocycles. The van der Waals surface area contributed by atoms with Crippen molar-refractivity contribution < 1.29 is 18.0 Å². The summed E-state index contributed by atoms with van der Waals surface area (Å²) in [6, 6.07) is 0. The summed E-state index contributed by atoms with van der Waals surface area (Å²) in [6.07, 6.45) is -0.615. The molecule has 0 radical (unpaired) electrons. The van der Waals surface area contributed by atoms with E-state index in [1.165, 1.54) is 17.3 Å². The Morgan fingerprint density at radius 1 is 1.58 bits per heavy atom. The summed E-state index contributed by atoms with van der Waals surface area (Å²) in [7, 11) is 0. The van der Waals surface area contributed by atoms with Crippen molar-refractivity contribution in [1.29, 1.82) is 0 Å². The fourth-order valence-electron chi connectivity index (χ4n) is 2.19. The van der Waals surface area contributed by atoms with Crippen LogP contribution in [-0.2, 0) is 0 Å². The van der Waals surface area contributed by atoms with Crippen molar-refractivity contribution in [2.45, 2.75) is 12.6 Å². The van der Waals surface area contributed by atoms with E-state index < -0.39 is 12.7 Å². The summed E-state index contributed by atoms with van der Waals surface area (Å²) in [5.74, 6) is -0.193. The Morgan fingerprint density at radius 3 is 3.00 bits per heavy atom. The molecule has 1 aromatic heterocycles. The number of amides is 1. The van der Waals surface area contributed by atoms with Crippen LogP contribution in [0.25, 0.3) is 0 Å². The number of aromatic amines is 1. The highest BCUT2D eigenvalue weighted by Crippen LogP contribution is 2.22. The SMILES string of the molecule is O=C(NCC1CCN(CC(F)(F)F)C1)c1cn[nH]c1. The molecule has 5 nitrogen and oxygen atoms in total. The van der Waals surface area contributed by atoms with Gasteiger partial charge in [0, 0.05) is 19.3 Å². The second-order valence-corrected chi connectivity index (χ2v) is 4.70. The van der Waals surface area contributed by atoms with Gasteiger partial charge in [0.1, 0.15) is 0 Å². The van der Waals surface area contributed by atoms with Crippen LogP contribution in [0, 0.1) is 5.92 Å². The number of halogens is 3. The van der Waals surface area contributed by atoms with Gasteiger partial charge in [-0.15, -0.1) is 0 Å². The molecule has 1 unspecified atom stereocenters. The molecule has 19 heavy (non-hydrogen) atoms. The van der Waals surface area contributed by atoms with Crippen molar-refractivity contribution in [3.8, 4) is 0 Å². The van der Waals surface area contributed by atoms with Crippen molar-refractivity contribution in [1.82, 2.24) is 20.4 Å². The van der Waals surface area contributed by atoms with Crippen LogP contribution in [0.4, 0.5) is 13.2 Å². The molecular formula is C11H15F3N4O. The minimum atomic E-state index is -4.16. The minimum absolute atomic E-state index is 0.0678. The number of nitrogens with zero attached hydrogens (tertiary/aromatic N) is 2. The summed E-state index contributed by atoms with van der Waals surface area (Å²) in [5.41, 5.74) is 0.421. The van der Waals surface area contributed by atoms with Crippen molar-refractivity contribution >= 4 is 5.91 Å². The van der Waals surface area contributed by atoms with E-state index in [1.54, 1.807) is 0 Å². The molecule has 2 heterocycles.